The van der Waals surface area contributed by atoms with Crippen LogP contribution in [-0.2, 0) is 25.5 Å². The van der Waals surface area contributed by atoms with Crippen LogP contribution in [0.2, 0.25) is 0 Å². The Morgan fingerprint density at radius 1 is 1.10 bits per heavy atom. The van der Waals surface area contributed by atoms with Gasteiger partial charge in [-0.1, -0.05) is 50.3 Å². The molecule has 0 saturated carbocycles. The average molecular weight is 433 g/mol. The first kappa shape index (κ1) is 26.4. The predicted molar refractivity (Wildman–Crippen MR) is 119 cm³/mol. The van der Waals surface area contributed by atoms with Crippen LogP contribution in [0.5, 0.6) is 0 Å². The van der Waals surface area contributed by atoms with Crippen LogP contribution in [0.1, 0.15) is 53.0 Å². The summed E-state index contributed by atoms with van der Waals surface area (Å²) in [4.78, 5) is 38.4. The van der Waals surface area contributed by atoms with Crippen molar-refractivity contribution in [2.45, 2.75) is 65.5 Å². The quantitative estimate of drug-likeness (QED) is 0.215. The molecule has 0 aliphatic heterocycles. The Bertz CT molecular complexity index is 740. The molecule has 0 aliphatic carbocycles. The molecule has 7 nitrogen and oxygen atoms in total. The van der Waals surface area contributed by atoms with E-state index in [0.717, 1.165) is 5.56 Å². The van der Waals surface area contributed by atoms with E-state index in [0.29, 0.717) is 6.42 Å². The van der Waals surface area contributed by atoms with Crippen molar-refractivity contribution < 1.29 is 24.3 Å². The molecule has 172 valence electrons. The third-order valence-electron chi connectivity index (χ3n) is 4.71. The number of hydrogen-bond acceptors (Lipinski definition) is 5. The van der Waals surface area contributed by atoms with Crippen molar-refractivity contribution in [3.63, 3.8) is 0 Å². The topological polar surface area (TPSA) is 105 Å². The number of carbonyl (C=O) groups excluding carboxylic acids is 3. The van der Waals surface area contributed by atoms with Crippen molar-refractivity contribution in [2.75, 3.05) is 0 Å². The van der Waals surface area contributed by atoms with Crippen LogP contribution < -0.4 is 10.8 Å². The number of ether oxygens (including phenoxy) is 1. The van der Waals surface area contributed by atoms with Gasteiger partial charge >= 0.3 is 5.97 Å². The van der Waals surface area contributed by atoms with Crippen LogP contribution in [0.3, 0.4) is 0 Å². The molecule has 0 aliphatic rings. The van der Waals surface area contributed by atoms with Crippen molar-refractivity contribution in [2.24, 2.45) is 17.8 Å². The van der Waals surface area contributed by atoms with Gasteiger partial charge in [0.05, 0.1) is 11.8 Å². The maximum Gasteiger partial charge on any atom is 0.329 e. The van der Waals surface area contributed by atoms with Crippen molar-refractivity contribution >= 4 is 17.8 Å². The number of carbonyl (C=O) groups is 3. The Balaban J connectivity index is 3.18. The van der Waals surface area contributed by atoms with Crippen LogP contribution >= 0.6 is 0 Å². The Labute approximate surface area is 185 Å². The van der Waals surface area contributed by atoms with E-state index in [1.165, 1.54) is 6.08 Å². The molecule has 0 heterocycles. The molecule has 3 N–H and O–H groups in total. The van der Waals surface area contributed by atoms with E-state index in [-0.39, 0.29) is 18.8 Å². The molecule has 1 rings (SSSR count). The zero-order valence-corrected chi connectivity index (χ0v) is 19.2. The minimum atomic E-state index is -0.912. The van der Waals surface area contributed by atoms with E-state index in [1.54, 1.807) is 26.3 Å². The third kappa shape index (κ3) is 9.34. The maximum absolute atomic E-state index is 13.3. The summed E-state index contributed by atoms with van der Waals surface area (Å²) in [5.74, 6) is -3.07. The van der Waals surface area contributed by atoms with Gasteiger partial charge in [0.25, 0.3) is 0 Å². The molecule has 0 bridgehead atoms. The number of amides is 2. The van der Waals surface area contributed by atoms with Gasteiger partial charge in [-0.05, 0) is 45.1 Å². The first-order chi connectivity index (χ1) is 14.5. The van der Waals surface area contributed by atoms with Gasteiger partial charge in [-0.15, -0.1) is 6.58 Å². The Morgan fingerprint density at radius 3 is 2.19 bits per heavy atom. The van der Waals surface area contributed by atoms with Crippen molar-refractivity contribution in [3.8, 4) is 0 Å². The highest BCUT2D eigenvalue weighted by Gasteiger charge is 2.36. The van der Waals surface area contributed by atoms with Gasteiger partial charge in [0.2, 0.25) is 11.8 Å². The van der Waals surface area contributed by atoms with Gasteiger partial charge < -0.3 is 10.1 Å². The lowest BCUT2D eigenvalue weighted by atomic mass is 9.82. The van der Waals surface area contributed by atoms with Crippen molar-refractivity contribution in [3.05, 3.63) is 48.6 Å². The Morgan fingerprint density at radius 2 is 1.71 bits per heavy atom. The SMILES string of the molecule is C=CC[C@H](C(=O)NO)[C@@H](CC(C)C)C(=O)N[C@@H](Cc1ccccc1)C(=O)OC(C)(C)C. The van der Waals surface area contributed by atoms with E-state index >= 15 is 0 Å². The zero-order valence-electron chi connectivity index (χ0n) is 19.2. The lowest BCUT2D eigenvalue weighted by Gasteiger charge is -2.29. The fraction of sp³-hybridized carbons (Fsp3) is 0.542. The zero-order chi connectivity index (χ0) is 23.6. The lowest BCUT2D eigenvalue weighted by molar-refractivity contribution is -0.159. The molecule has 2 amide bonds. The van der Waals surface area contributed by atoms with Gasteiger partial charge in [-0.3, -0.25) is 14.8 Å². The molecule has 0 saturated heterocycles. The Hall–Kier alpha value is -2.67. The molecule has 7 heteroatoms. The average Bonchev–Trinajstić information content (AvgIpc) is 2.68. The predicted octanol–water partition coefficient (Wildman–Crippen LogP) is 3.42. The third-order valence-corrected chi connectivity index (χ3v) is 4.71. The van der Waals surface area contributed by atoms with Crippen LogP contribution in [0.25, 0.3) is 0 Å². The summed E-state index contributed by atoms with van der Waals surface area (Å²) in [5, 5.41) is 12.0. The van der Waals surface area contributed by atoms with E-state index in [2.05, 4.69) is 11.9 Å². The molecular formula is C24H36N2O5. The fourth-order valence-corrected chi connectivity index (χ4v) is 3.37. The molecule has 0 fully saturated rings. The van der Waals surface area contributed by atoms with Gasteiger partial charge in [0.1, 0.15) is 11.6 Å². The van der Waals surface area contributed by atoms with Crippen LogP contribution in [0.4, 0.5) is 0 Å². The standard InChI is InChI=1S/C24H36N2O5/c1-7-11-18(22(28)26-30)19(14-16(2)3)21(27)25-20(23(29)31-24(4,5)6)15-17-12-9-8-10-13-17/h7-10,12-13,16,18-20,30H,1,11,14-15H2,2-6H3,(H,25,27)(H,26,28)/t18-,19+,20-/m0/s1. The van der Waals surface area contributed by atoms with E-state index in [4.69, 9.17) is 9.94 Å². The second-order valence-corrected chi connectivity index (χ2v) is 9.13. The second-order valence-electron chi connectivity index (χ2n) is 9.13. The number of esters is 1. The van der Waals surface area contributed by atoms with E-state index in [9.17, 15) is 14.4 Å². The minimum Gasteiger partial charge on any atom is -0.458 e. The molecule has 1 aromatic rings. The first-order valence-electron chi connectivity index (χ1n) is 10.6. The smallest absolute Gasteiger partial charge is 0.329 e. The summed E-state index contributed by atoms with van der Waals surface area (Å²) >= 11 is 0. The summed E-state index contributed by atoms with van der Waals surface area (Å²) in [6.45, 7) is 12.8. The van der Waals surface area contributed by atoms with Crippen molar-refractivity contribution in [1.29, 1.82) is 0 Å². The highest BCUT2D eigenvalue weighted by atomic mass is 16.6. The molecule has 1 aromatic carbocycles. The van der Waals surface area contributed by atoms with Crippen LogP contribution in [-0.4, -0.2) is 34.6 Å². The summed E-state index contributed by atoms with van der Waals surface area (Å²) in [6, 6.07) is 8.42. The van der Waals surface area contributed by atoms with Gasteiger partial charge in [-0.25, -0.2) is 10.3 Å². The maximum atomic E-state index is 13.3. The van der Waals surface area contributed by atoms with Gasteiger partial charge in [0, 0.05) is 6.42 Å². The van der Waals surface area contributed by atoms with Crippen LogP contribution in [0.15, 0.2) is 43.0 Å². The fourth-order valence-electron chi connectivity index (χ4n) is 3.37. The molecular weight excluding hydrogens is 396 g/mol. The number of benzene rings is 1. The Kier molecular flexibility index (Phi) is 10.4. The summed E-state index contributed by atoms with van der Waals surface area (Å²) < 4.78 is 5.52. The largest absolute Gasteiger partial charge is 0.458 e. The van der Waals surface area contributed by atoms with Crippen molar-refractivity contribution in [1.82, 2.24) is 10.8 Å². The highest BCUT2D eigenvalue weighted by molar-refractivity contribution is 5.90. The monoisotopic (exact) mass is 432 g/mol. The lowest BCUT2D eigenvalue weighted by Crippen LogP contribution is -2.50. The molecule has 0 spiro atoms. The van der Waals surface area contributed by atoms with Gasteiger partial charge in [0.15, 0.2) is 0 Å². The second kappa shape index (κ2) is 12.2. The molecule has 0 radical (unpaired) electrons. The number of nitrogens with one attached hydrogen (secondary N) is 2. The molecule has 3 atom stereocenters. The number of hydroxylamine groups is 1. The number of hydrogen-bond donors (Lipinski definition) is 3. The first-order valence-corrected chi connectivity index (χ1v) is 10.6. The van der Waals surface area contributed by atoms with Crippen LogP contribution in [0, 0.1) is 17.8 Å². The highest BCUT2D eigenvalue weighted by Crippen LogP contribution is 2.25. The van der Waals surface area contributed by atoms with E-state index < -0.39 is 41.3 Å². The summed E-state index contributed by atoms with van der Waals surface area (Å²) in [5.41, 5.74) is 1.81. The molecule has 31 heavy (non-hydrogen) atoms. The number of rotatable bonds is 11. The normalized spacial score (nSPS) is 14.3. The minimum absolute atomic E-state index is 0.114. The molecule has 0 aromatic heterocycles. The van der Waals surface area contributed by atoms with Gasteiger partial charge in [-0.2, -0.15) is 0 Å². The number of allylic oxidation sites excluding steroid dienone is 1. The summed E-state index contributed by atoms with van der Waals surface area (Å²) in [7, 11) is 0. The summed E-state index contributed by atoms with van der Waals surface area (Å²) in [6.07, 6.45) is 2.42. The van der Waals surface area contributed by atoms with E-state index in [1.807, 2.05) is 44.2 Å². The molecule has 0 unspecified atom stereocenters.